The van der Waals surface area contributed by atoms with E-state index in [0.717, 1.165) is 25.8 Å². The van der Waals surface area contributed by atoms with E-state index in [0.29, 0.717) is 32.1 Å². The van der Waals surface area contributed by atoms with Crippen LogP contribution >= 0.6 is 24.0 Å². The lowest BCUT2D eigenvalue weighted by molar-refractivity contribution is -0.133. The van der Waals surface area contributed by atoms with Crippen LogP contribution in [-0.4, -0.2) is 87.6 Å². The van der Waals surface area contributed by atoms with Crippen LogP contribution in [-0.2, 0) is 20.7 Å². The number of halogens is 1. The van der Waals surface area contributed by atoms with Crippen molar-refractivity contribution >= 4 is 41.8 Å². The summed E-state index contributed by atoms with van der Waals surface area (Å²) in [5.74, 6) is 0.741. The first kappa shape index (κ1) is 27.2. The summed E-state index contributed by atoms with van der Waals surface area (Å²) in [5, 5.41) is 6.79. The smallest absolute Gasteiger partial charge is 0.243 e. The zero-order chi connectivity index (χ0) is 21.8. The van der Waals surface area contributed by atoms with E-state index < -0.39 is 0 Å². The first-order chi connectivity index (χ1) is 14.5. The first-order valence-corrected chi connectivity index (χ1v) is 10.5. The summed E-state index contributed by atoms with van der Waals surface area (Å²) in [7, 11) is 5.06. The zero-order valence-corrected chi connectivity index (χ0v) is 21.1. The second-order valence-corrected chi connectivity index (χ2v) is 7.66. The fourth-order valence-corrected chi connectivity index (χ4v) is 3.22. The van der Waals surface area contributed by atoms with E-state index in [1.54, 1.807) is 21.2 Å². The number of carbonyl (C=O) groups is 2. The van der Waals surface area contributed by atoms with Crippen LogP contribution in [0.2, 0.25) is 0 Å². The molecule has 31 heavy (non-hydrogen) atoms. The Morgan fingerprint density at radius 1 is 1.19 bits per heavy atom. The van der Waals surface area contributed by atoms with Gasteiger partial charge in [-0.1, -0.05) is 30.3 Å². The third kappa shape index (κ3) is 10.3. The Hall–Kier alpha value is -1.88. The van der Waals surface area contributed by atoms with E-state index in [1.807, 2.05) is 23.1 Å². The summed E-state index contributed by atoms with van der Waals surface area (Å²) in [6.45, 7) is 2.71. The van der Waals surface area contributed by atoms with Gasteiger partial charge in [-0.15, -0.1) is 24.0 Å². The summed E-state index contributed by atoms with van der Waals surface area (Å²) >= 11 is 0. The van der Waals surface area contributed by atoms with Gasteiger partial charge >= 0.3 is 0 Å². The van der Waals surface area contributed by atoms with Gasteiger partial charge < -0.3 is 25.2 Å². The van der Waals surface area contributed by atoms with Crippen LogP contribution in [0.1, 0.15) is 24.8 Å². The normalized spacial score (nSPS) is 14.5. The van der Waals surface area contributed by atoms with Crippen LogP contribution in [0.5, 0.6) is 0 Å². The number of aliphatic imine (C=N–C) groups is 1. The molecule has 9 heteroatoms. The van der Waals surface area contributed by atoms with Crippen LogP contribution in [0, 0.1) is 0 Å². The zero-order valence-electron chi connectivity index (χ0n) is 18.8. The van der Waals surface area contributed by atoms with Crippen molar-refractivity contribution in [2.75, 3.05) is 54.0 Å². The predicted octanol–water partition coefficient (Wildman–Crippen LogP) is 1.50. The summed E-state index contributed by atoms with van der Waals surface area (Å²) in [4.78, 5) is 32.0. The second-order valence-electron chi connectivity index (χ2n) is 7.66. The number of amides is 2. The fourth-order valence-electron chi connectivity index (χ4n) is 3.22. The van der Waals surface area contributed by atoms with Gasteiger partial charge in [0.25, 0.3) is 0 Å². The number of guanidine groups is 1. The van der Waals surface area contributed by atoms with Crippen LogP contribution in [0.3, 0.4) is 0 Å². The molecule has 1 aliphatic rings. The Morgan fingerprint density at radius 2 is 1.87 bits per heavy atom. The number of likely N-dealkylation sites (N-methyl/N-ethyl adjacent to an activating group) is 1. The number of rotatable bonds is 9. The van der Waals surface area contributed by atoms with Gasteiger partial charge in [0.2, 0.25) is 11.8 Å². The average molecular weight is 545 g/mol. The molecule has 0 spiro atoms. The molecule has 2 N–H and O–H groups in total. The molecule has 174 valence electrons. The summed E-state index contributed by atoms with van der Waals surface area (Å²) < 4.78 is 4.99. The number of carbonyl (C=O) groups excluding carboxylic acids is 2. The third-order valence-electron chi connectivity index (χ3n) is 5.13. The van der Waals surface area contributed by atoms with Crippen molar-refractivity contribution in [3.05, 3.63) is 35.9 Å². The molecule has 0 bridgehead atoms. The van der Waals surface area contributed by atoms with Gasteiger partial charge in [-0.05, 0) is 24.8 Å². The lowest BCUT2D eigenvalue weighted by Crippen LogP contribution is -2.50. The number of benzene rings is 1. The molecule has 2 rings (SSSR count). The fraction of sp³-hybridized carbons (Fsp3) is 0.591. The molecule has 0 aromatic heterocycles. The molecule has 1 fully saturated rings. The lowest BCUT2D eigenvalue weighted by atomic mass is 10.0. The van der Waals surface area contributed by atoms with Crippen molar-refractivity contribution in [3.63, 3.8) is 0 Å². The molecule has 1 aliphatic heterocycles. The largest absolute Gasteiger partial charge is 0.384 e. The Bertz CT molecular complexity index is 692. The number of hydrogen-bond acceptors (Lipinski definition) is 4. The van der Waals surface area contributed by atoms with E-state index in [2.05, 4.69) is 27.8 Å². The standard InChI is InChI=1S/C22H35N5O3.HI/c1-26(2)21(29)17-24-22(23-13-9-18-7-5-4-6-8-18)25-19-10-14-27(15-11-19)20(28)12-16-30-3;/h4-8,19H,9-17H2,1-3H3,(H2,23,24,25);1H. The molecule has 0 aliphatic carbocycles. The van der Waals surface area contributed by atoms with Crippen LogP contribution in [0.25, 0.3) is 0 Å². The quantitative estimate of drug-likeness (QED) is 0.279. The van der Waals surface area contributed by atoms with E-state index in [9.17, 15) is 9.59 Å². The van der Waals surface area contributed by atoms with Crippen molar-refractivity contribution in [3.8, 4) is 0 Å². The molecule has 1 aromatic rings. The van der Waals surface area contributed by atoms with Crippen molar-refractivity contribution in [1.82, 2.24) is 20.4 Å². The number of ether oxygens (including phenoxy) is 1. The van der Waals surface area contributed by atoms with Gasteiger partial charge in [-0.3, -0.25) is 9.59 Å². The van der Waals surface area contributed by atoms with Gasteiger partial charge in [0, 0.05) is 46.9 Å². The van der Waals surface area contributed by atoms with Crippen LogP contribution in [0.15, 0.2) is 35.3 Å². The molecule has 8 nitrogen and oxygen atoms in total. The molecule has 2 amide bonds. The molecule has 0 unspecified atom stereocenters. The third-order valence-corrected chi connectivity index (χ3v) is 5.13. The van der Waals surface area contributed by atoms with Crippen molar-refractivity contribution in [1.29, 1.82) is 0 Å². The van der Waals surface area contributed by atoms with E-state index >= 15 is 0 Å². The van der Waals surface area contributed by atoms with Gasteiger partial charge in [0.1, 0.15) is 6.54 Å². The summed E-state index contributed by atoms with van der Waals surface area (Å²) in [6.07, 6.45) is 2.99. The molecule has 0 atom stereocenters. The molecule has 1 heterocycles. The summed E-state index contributed by atoms with van der Waals surface area (Å²) in [5.41, 5.74) is 1.25. The van der Waals surface area contributed by atoms with Crippen molar-refractivity contribution in [2.24, 2.45) is 4.99 Å². The topological polar surface area (TPSA) is 86.3 Å². The molecular formula is C22H36IN5O3. The highest BCUT2D eigenvalue weighted by molar-refractivity contribution is 14.0. The van der Waals surface area contributed by atoms with E-state index in [-0.39, 0.29) is 48.4 Å². The minimum Gasteiger partial charge on any atom is -0.384 e. The predicted molar refractivity (Wildman–Crippen MR) is 134 cm³/mol. The molecule has 1 aromatic carbocycles. The van der Waals surface area contributed by atoms with E-state index in [4.69, 9.17) is 4.74 Å². The Morgan fingerprint density at radius 3 is 2.48 bits per heavy atom. The summed E-state index contributed by atoms with van der Waals surface area (Å²) in [6, 6.07) is 10.5. The highest BCUT2D eigenvalue weighted by atomic mass is 127. The van der Waals surface area contributed by atoms with Crippen LogP contribution < -0.4 is 10.6 Å². The maximum atomic E-state index is 12.2. The van der Waals surface area contributed by atoms with Gasteiger partial charge in [-0.2, -0.15) is 0 Å². The van der Waals surface area contributed by atoms with Crippen molar-refractivity contribution < 1.29 is 14.3 Å². The highest BCUT2D eigenvalue weighted by Crippen LogP contribution is 2.11. The minimum atomic E-state index is -0.0438. The molecular weight excluding hydrogens is 509 g/mol. The number of methoxy groups -OCH3 is 1. The molecule has 0 saturated carbocycles. The van der Waals surface area contributed by atoms with Crippen LogP contribution in [0.4, 0.5) is 0 Å². The van der Waals surface area contributed by atoms with Gasteiger partial charge in [0.05, 0.1) is 13.0 Å². The number of nitrogens with one attached hydrogen (secondary N) is 2. The van der Waals surface area contributed by atoms with Crippen molar-refractivity contribution in [2.45, 2.75) is 31.7 Å². The Balaban J connectivity index is 0.00000480. The maximum absolute atomic E-state index is 12.2. The number of piperidine rings is 1. The minimum absolute atomic E-state index is 0. The first-order valence-electron chi connectivity index (χ1n) is 10.5. The monoisotopic (exact) mass is 545 g/mol. The molecule has 1 saturated heterocycles. The van der Waals surface area contributed by atoms with Gasteiger partial charge in [0.15, 0.2) is 5.96 Å². The SMILES string of the molecule is COCCC(=O)N1CCC(NC(=NCC(=O)N(C)C)NCCc2ccccc2)CC1.I. The second kappa shape index (κ2) is 15.0. The number of likely N-dealkylation sites (tertiary alicyclic amines) is 1. The Labute approximate surface area is 202 Å². The lowest BCUT2D eigenvalue weighted by Gasteiger charge is -2.33. The van der Waals surface area contributed by atoms with Gasteiger partial charge in [-0.25, -0.2) is 4.99 Å². The average Bonchev–Trinajstić information content (AvgIpc) is 2.76. The highest BCUT2D eigenvalue weighted by Gasteiger charge is 2.23. The van der Waals surface area contributed by atoms with E-state index in [1.165, 1.54) is 10.5 Å². The number of nitrogens with zero attached hydrogens (tertiary/aromatic N) is 3. The number of hydrogen-bond donors (Lipinski definition) is 2. The molecule has 0 radical (unpaired) electrons. The maximum Gasteiger partial charge on any atom is 0.243 e. The Kier molecular flexibility index (Phi) is 13.1.